The van der Waals surface area contributed by atoms with Crippen LogP contribution in [-0.4, -0.2) is 20.2 Å². The number of carbonyl (C=O) groups excluding carboxylic acids is 1. The van der Waals surface area contributed by atoms with E-state index in [9.17, 15) is 4.79 Å². The third-order valence-corrected chi connectivity index (χ3v) is 2.02. The highest BCUT2D eigenvalue weighted by Gasteiger charge is 2.12. The standard InChI is InChI=1S/C10H14O3/c1-12-9-6-4-3-5-8(9)7-10(11)13-2/h3,5H,4,6-7H2,1-2H3. The maximum absolute atomic E-state index is 11.0. The van der Waals surface area contributed by atoms with Crippen LogP contribution in [-0.2, 0) is 14.3 Å². The van der Waals surface area contributed by atoms with Crippen molar-refractivity contribution < 1.29 is 14.3 Å². The van der Waals surface area contributed by atoms with Crippen molar-refractivity contribution in [1.29, 1.82) is 0 Å². The number of allylic oxidation sites excluding steroid dienone is 3. The van der Waals surface area contributed by atoms with E-state index in [0.29, 0.717) is 6.42 Å². The average Bonchev–Trinajstić information content (AvgIpc) is 2.18. The van der Waals surface area contributed by atoms with Crippen LogP contribution in [0.3, 0.4) is 0 Å². The normalized spacial score (nSPS) is 15.8. The molecular weight excluding hydrogens is 168 g/mol. The Hall–Kier alpha value is -1.25. The van der Waals surface area contributed by atoms with Crippen molar-refractivity contribution in [3.63, 3.8) is 0 Å². The van der Waals surface area contributed by atoms with Gasteiger partial charge in [0, 0.05) is 12.0 Å². The van der Waals surface area contributed by atoms with E-state index in [-0.39, 0.29) is 5.97 Å². The highest BCUT2D eigenvalue weighted by atomic mass is 16.5. The molecule has 0 spiro atoms. The van der Waals surface area contributed by atoms with E-state index in [1.54, 1.807) is 7.11 Å². The van der Waals surface area contributed by atoms with Gasteiger partial charge in [0.1, 0.15) is 0 Å². The van der Waals surface area contributed by atoms with Gasteiger partial charge >= 0.3 is 5.97 Å². The lowest BCUT2D eigenvalue weighted by atomic mass is 10.0. The Kier molecular flexibility index (Phi) is 3.55. The van der Waals surface area contributed by atoms with Crippen molar-refractivity contribution in [2.75, 3.05) is 14.2 Å². The molecule has 0 amide bonds. The lowest BCUT2D eigenvalue weighted by Crippen LogP contribution is -2.05. The first-order valence-corrected chi connectivity index (χ1v) is 4.27. The molecule has 0 bridgehead atoms. The fraction of sp³-hybridized carbons (Fsp3) is 0.500. The van der Waals surface area contributed by atoms with Crippen LogP contribution >= 0.6 is 0 Å². The van der Waals surface area contributed by atoms with Crippen LogP contribution in [0.4, 0.5) is 0 Å². The minimum atomic E-state index is -0.226. The second-order valence-corrected chi connectivity index (χ2v) is 2.85. The first-order valence-electron chi connectivity index (χ1n) is 4.27. The fourth-order valence-electron chi connectivity index (χ4n) is 1.31. The van der Waals surface area contributed by atoms with Gasteiger partial charge in [-0.15, -0.1) is 0 Å². The number of hydrogen-bond donors (Lipinski definition) is 0. The number of hydrogen-bond acceptors (Lipinski definition) is 3. The van der Waals surface area contributed by atoms with Gasteiger partial charge in [-0.1, -0.05) is 12.2 Å². The van der Waals surface area contributed by atoms with Crippen molar-refractivity contribution in [3.05, 3.63) is 23.5 Å². The maximum atomic E-state index is 11.0. The summed E-state index contributed by atoms with van der Waals surface area (Å²) in [5.41, 5.74) is 0.931. The minimum absolute atomic E-state index is 0.226. The predicted molar refractivity (Wildman–Crippen MR) is 49.0 cm³/mol. The molecule has 0 aliphatic heterocycles. The summed E-state index contributed by atoms with van der Waals surface area (Å²) in [6.45, 7) is 0. The molecule has 0 atom stereocenters. The molecule has 72 valence electrons. The van der Waals surface area contributed by atoms with Crippen molar-refractivity contribution >= 4 is 5.97 Å². The van der Waals surface area contributed by atoms with Crippen LogP contribution in [0.25, 0.3) is 0 Å². The molecule has 0 aromatic heterocycles. The molecule has 0 saturated carbocycles. The Bertz CT molecular complexity index is 251. The van der Waals surface area contributed by atoms with Crippen LogP contribution in [0.5, 0.6) is 0 Å². The molecule has 0 unspecified atom stereocenters. The van der Waals surface area contributed by atoms with Gasteiger partial charge in [0.05, 0.1) is 26.4 Å². The van der Waals surface area contributed by atoms with Crippen LogP contribution < -0.4 is 0 Å². The Balaban J connectivity index is 2.68. The molecule has 1 aliphatic carbocycles. The quantitative estimate of drug-likeness (QED) is 0.624. The first kappa shape index (κ1) is 9.84. The SMILES string of the molecule is COC(=O)CC1=C(OC)CCC=C1. The zero-order chi connectivity index (χ0) is 9.68. The third kappa shape index (κ3) is 2.61. The second-order valence-electron chi connectivity index (χ2n) is 2.85. The lowest BCUT2D eigenvalue weighted by Gasteiger charge is -2.13. The van der Waals surface area contributed by atoms with E-state index in [1.165, 1.54) is 7.11 Å². The zero-order valence-electron chi connectivity index (χ0n) is 8.00. The van der Waals surface area contributed by atoms with Gasteiger partial charge in [0.2, 0.25) is 0 Å². The Morgan fingerprint density at radius 3 is 2.92 bits per heavy atom. The first-order chi connectivity index (χ1) is 6.27. The molecule has 0 N–H and O–H groups in total. The summed E-state index contributed by atoms with van der Waals surface area (Å²) in [5.74, 6) is 0.670. The third-order valence-electron chi connectivity index (χ3n) is 2.02. The molecule has 0 aromatic rings. The maximum Gasteiger partial charge on any atom is 0.310 e. The molecule has 3 heteroatoms. The lowest BCUT2D eigenvalue weighted by molar-refractivity contribution is -0.139. The van der Waals surface area contributed by atoms with E-state index >= 15 is 0 Å². The predicted octanol–water partition coefficient (Wildman–Crippen LogP) is 1.80. The van der Waals surface area contributed by atoms with Crippen LogP contribution in [0.15, 0.2) is 23.5 Å². The summed E-state index contributed by atoms with van der Waals surface area (Å²) in [6, 6.07) is 0. The summed E-state index contributed by atoms with van der Waals surface area (Å²) in [5, 5.41) is 0. The molecular formula is C10H14O3. The van der Waals surface area contributed by atoms with Crippen molar-refractivity contribution in [2.45, 2.75) is 19.3 Å². The zero-order valence-corrected chi connectivity index (χ0v) is 8.00. The smallest absolute Gasteiger partial charge is 0.310 e. The summed E-state index contributed by atoms with van der Waals surface area (Å²) in [4.78, 5) is 11.0. The fourth-order valence-corrected chi connectivity index (χ4v) is 1.31. The topological polar surface area (TPSA) is 35.5 Å². The average molecular weight is 182 g/mol. The van der Waals surface area contributed by atoms with E-state index < -0.39 is 0 Å². The van der Waals surface area contributed by atoms with Gasteiger partial charge < -0.3 is 9.47 Å². The second kappa shape index (κ2) is 4.70. The summed E-state index contributed by atoms with van der Waals surface area (Å²) in [7, 11) is 3.02. The molecule has 3 nitrogen and oxygen atoms in total. The number of carbonyl (C=O) groups is 1. The Morgan fingerprint density at radius 2 is 2.31 bits per heavy atom. The van der Waals surface area contributed by atoms with E-state index in [2.05, 4.69) is 4.74 Å². The summed E-state index contributed by atoms with van der Waals surface area (Å²) < 4.78 is 9.75. The number of esters is 1. The molecule has 13 heavy (non-hydrogen) atoms. The molecule has 0 heterocycles. The Labute approximate surface area is 78.0 Å². The van der Waals surface area contributed by atoms with Gasteiger partial charge in [0.15, 0.2) is 0 Å². The number of methoxy groups -OCH3 is 2. The highest BCUT2D eigenvalue weighted by molar-refractivity contribution is 5.73. The van der Waals surface area contributed by atoms with Crippen molar-refractivity contribution in [2.24, 2.45) is 0 Å². The van der Waals surface area contributed by atoms with Gasteiger partial charge in [0.25, 0.3) is 0 Å². The Morgan fingerprint density at radius 1 is 1.54 bits per heavy atom. The summed E-state index contributed by atoms with van der Waals surface area (Å²) >= 11 is 0. The molecule has 1 aliphatic rings. The molecule has 0 fully saturated rings. The molecule has 0 saturated heterocycles. The van der Waals surface area contributed by atoms with Gasteiger partial charge in [-0.25, -0.2) is 0 Å². The minimum Gasteiger partial charge on any atom is -0.501 e. The van der Waals surface area contributed by atoms with E-state index in [1.807, 2.05) is 12.2 Å². The van der Waals surface area contributed by atoms with Gasteiger partial charge in [-0.2, -0.15) is 0 Å². The number of ether oxygens (including phenoxy) is 2. The monoisotopic (exact) mass is 182 g/mol. The van der Waals surface area contributed by atoms with Gasteiger partial charge in [-0.3, -0.25) is 4.79 Å². The van der Waals surface area contributed by atoms with Crippen LogP contribution in [0.2, 0.25) is 0 Å². The van der Waals surface area contributed by atoms with Crippen molar-refractivity contribution in [1.82, 2.24) is 0 Å². The molecule has 0 aromatic carbocycles. The van der Waals surface area contributed by atoms with Crippen molar-refractivity contribution in [3.8, 4) is 0 Å². The van der Waals surface area contributed by atoms with E-state index in [0.717, 1.165) is 24.2 Å². The molecule has 1 rings (SSSR count). The van der Waals surface area contributed by atoms with Gasteiger partial charge in [-0.05, 0) is 6.42 Å². The van der Waals surface area contributed by atoms with Crippen LogP contribution in [0.1, 0.15) is 19.3 Å². The number of rotatable bonds is 3. The molecule has 0 radical (unpaired) electrons. The largest absolute Gasteiger partial charge is 0.501 e. The highest BCUT2D eigenvalue weighted by Crippen LogP contribution is 2.21. The van der Waals surface area contributed by atoms with Crippen LogP contribution in [0, 0.1) is 0 Å². The summed E-state index contributed by atoms with van der Waals surface area (Å²) in [6.07, 6.45) is 6.13. The van der Waals surface area contributed by atoms with E-state index in [4.69, 9.17) is 4.74 Å².